The number of hydrogen-bond acceptors (Lipinski definition) is 4. The molecule has 0 unspecified atom stereocenters. The third-order valence-electron chi connectivity index (χ3n) is 1.01. The number of rotatable bonds is 3. The number of aliphatic hydroxyl groups is 1. The highest BCUT2D eigenvalue weighted by Crippen LogP contribution is 2.24. The van der Waals surface area contributed by atoms with E-state index in [1.54, 1.807) is 0 Å². The summed E-state index contributed by atoms with van der Waals surface area (Å²) < 4.78 is 0. The molecule has 0 aliphatic rings. The van der Waals surface area contributed by atoms with Crippen molar-refractivity contribution in [2.75, 3.05) is 12.4 Å². The molecular formula is C6H6Cl2N2OS. The van der Waals surface area contributed by atoms with Crippen LogP contribution in [0.25, 0.3) is 0 Å². The molecule has 0 saturated heterocycles. The average Bonchev–Trinajstić information content (AvgIpc) is 2.07. The fourth-order valence-electron chi connectivity index (χ4n) is 0.575. The van der Waals surface area contributed by atoms with Crippen LogP contribution in [0.3, 0.4) is 0 Å². The molecule has 0 radical (unpaired) electrons. The first kappa shape index (κ1) is 10.1. The van der Waals surface area contributed by atoms with Gasteiger partial charge in [-0.3, -0.25) is 0 Å². The Bertz CT molecular complexity index is 272. The van der Waals surface area contributed by atoms with Crippen LogP contribution >= 0.6 is 35.0 Å². The zero-order chi connectivity index (χ0) is 8.97. The first-order valence-electron chi connectivity index (χ1n) is 3.15. The Hall–Kier alpha value is -0.0300. The standard InChI is InChI=1S/C6H6Cl2N2OS/c7-4-3-9-6(8)10-5(4)12-2-1-11/h3,11H,1-2H2. The van der Waals surface area contributed by atoms with Gasteiger partial charge in [-0.2, -0.15) is 0 Å². The molecular weight excluding hydrogens is 219 g/mol. The van der Waals surface area contributed by atoms with E-state index in [-0.39, 0.29) is 11.9 Å². The molecule has 1 heterocycles. The normalized spacial score (nSPS) is 10.2. The fraction of sp³-hybridized carbons (Fsp3) is 0.333. The summed E-state index contributed by atoms with van der Waals surface area (Å²) in [4.78, 5) is 7.58. The quantitative estimate of drug-likeness (QED) is 0.484. The van der Waals surface area contributed by atoms with Crippen molar-refractivity contribution in [1.82, 2.24) is 9.97 Å². The van der Waals surface area contributed by atoms with Gasteiger partial charge in [-0.25, -0.2) is 9.97 Å². The molecule has 66 valence electrons. The van der Waals surface area contributed by atoms with Gasteiger partial charge >= 0.3 is 0 Å². The second kappa shape index (κ2) is 4.87. The maximum atomic E-state index is 8.55. The molecule has 3 nitrogen and oxygen atoms in total. The summed E-state index contributed by atoms with van der Waals surface area (Å²) in [5, 5.41) is 9.77. The van der Waals surface area contributed by atoms with Crippen LogP contribution in [0, 0.1) is 0 Å². The molecule has 1 rings (SSSR count). The third-order valence-corrected chi connectivity index (χ3v) is 2.55. The minimum Gasteiger partial charge on any atom is -0.396 e. The average molecular weight is 225 g/mol. The van der Waals surface area contributed by atoms with Gasteiger partial charge in [0.15, 0.2) is 0 Å². The molecule has 0 aliphatic carbocycles. The van der Waals surface area contributed by atoms with Crippen molar-refractivity contribution >= 4 is 35.0 Å². The molecule has 6 heteroatoms. The second-order valence-electron chi connectivity index (χ2n) is 1.86. The topological polar surface area (TPSA) is 46.0 Å². The van der Waals surface area contributed by atoms with Gasteiger partial charge < -0.3 is 5.11 Å². The molecule has 1 N–H and O–H groups in total. The molecule has 0 saturated carbocycles. The van der Waals surface area contributed by atoms with Crippen LogP contribution in [0.15, 0.2) is 11.2 Å². The van der Waals surface area contributed by atoms with E-state index in [0.29, 0.717) is 15.8 Å². The van der Waals surface area contributed by atoms with Gasteiger partial charge in [0, 0.05) is 5.75 Å². The molecule has 0 atom stereocenters. The summed E-state index contributed by atoms with van der Waals surface area (Å²) in [6, 6.07) is 0. The lowest BCUT2D eigenvalue weighted by atomic mass is 10.7. The highest BCUT2D eigenvalue weighted by Gasteiger charge is 2.03. The first-order chi connectivity index (χ1) is 5.74. The van der Waals surface area contributed by atoms with E-state index in [1.807, 2.05) is 0 Å². The molecule has 0 amide bonds. The van der Waals surface area contributed by atoms with Gasteiger partial charge in [0.2, 0.25) is 5.28 Å². The minimum absolute atomic E-state index is 0.0859. The van der Waals surface area contributed by atoms with Gasteiger partial charge in [-0.15, -0.1) is 11.8 Å². The summed E-state index contributed by atoms with van der Waals surface area (Å²) in [5.74, 6) is 0.549. The number of aliphatic hydroxyl groups excluding tert-OH is 1. The highest BCUT2D eigenvalue weighted by atomic mass is 35.5. The Labute approximate surface area is 84.1 Å². The molecule has 1 aromatic rings. The van der Waals surface area contributed by atoms with Crippen molar-refractivity contribution < 1.29 is 5.11 Å². The molecule has 0 bridgehead atoms. The summed E-state index contributed by atoms with van der Waals surface area (Å²) in [6.45, 7) is 0.0859. The van der Waals surface area contributed by atoms with E-state index in [2.05, 4.69) is 9.97 Å². The van der Waals surface area contributed by atoms with Crippen molar-refractivity contribution in [3.8, 4) is 0 Å². The van der Waals surface area contributed by atoms with Crippen molar-refractivity contribution in [1.29, 1.82) is 0 Å². The van der Waals surface area contributed by atoms with Gasteiger partial charge in [-0.1, -0.05) is 11.6 Å². The van der Waals surface area contributed by atoms with Crippen LogP contribution in [0.5, 0.6) is 0 Å². The van der Waals surface area contributed by atoms with Crippen LogP contribution in [0.2, 0.25) is 10.3 Å². The van der Waals surface area contributed by atoms with E-state index < -0.39 is 0 Å². The molecule has 1 aromatic heterocycles. The Morgan fingerprint density at radius 1 is 1.50 bits per heavy atom. The van der Waals surface area contributed by atoms with Crippen LogP contribution in [0.4, 0.5) is 0 Å². The Kier molecular flexibility index (Phi) is 4.08. The first-order valence-corrected chi connectivity index (χ1v) is 4.90. The lowest BCUT2D eigenvalue weighted by molar-refractivity contribution is 0.322. The summed E-state index contributed by atoms with van der Waals surface area (Å²) in [7, 11) is 0. The predicted molar refractivity (Wildman–Crippen MR) is 49.9 cm³/mol. The SMILES string of the molecule is OCCSc1nc(Cl)ncc1Cl. The van der Waals surface area contributed by atoms with E-state index in [1.165, 1.54) is 18.0 Å². The highest BCUT2D eigenvalue weighted by molar-refractivity contribution is 7.99. The van der Waals surface area contributed by atoms with Crippen molar-refractivity contribution in [2.45, 2.75) is 5.03 Å². The molecule has 0 fully saturated rings. The van der Waals surface area contributed by atoms with Crippen LogP contribution in [-0.2, 0) is 0 Å². The van der Waals surface area contributed by atoms with E-state index in [4.69, 9.17) is 28.3 Å². The fourth-order valence-corrected chi connectivity index (χ4v) is 1.64. The van der Waals surface area contributed by atoms with Crippen molar-refractivity contribution in [2.24, 2.45) is 0 Å². The monoisotopic (exact) mass is 224 g/mol. The third kappa shape index (κ3) is 2.79. The largest absolute Gasteiger partial charge is 0.396 e. The predicted octanol–water partition coefficient (Wildman–Crippen LogP) is 1.87. The minimum atomic E-state index is 0.0859. The number of thioether (sulfide) groups is 1. The van der Waals surface area contributed by atoms with Crippen molar-refractivity contribution in [3.63, 3.8) is 0 Å². The summed E-state index contributed by atoms with van der Waals surface area (Å²) in [6.07, 6.45) is 1.44. The zero-order valence-electron chi connectivity index (χ0n) is 6.00. The van der Waals surface area contributed by atoms with Gasteiger partial charge in [0.25, 0.3) is 0 Å². The van der Waals surface area contributed by atoms with Crippen molar-refractivity contribution in [3.05, 3.63) is 16.5 Å². The summed E-state index contributed by atoms with van der Waals surface area (Å²) >= 11 is 12.6. The van der Waals surface area contributed by atoms with Crippen LogP contribution in [-0.4, -0.2) is 27.4 Å². The maximum absolute atomic E-state index is 8.55. The smallest absolute Gasteiger partial charge is 0.223 e. The molecule has 0 spiro atoms. The van der Waals surface area contributed by atoms with Crippen LogP contribution < -0.4 is 0 Å². The van der Waals surface area contributed by atoms with E-state index in [9.17, 15) is 0 Å². The number of nitrogens with zero attached hydrogens (tertiary/aromatic N) is 2. The lowest BCUT2D eigenvalue weighted by Gasteiger charge is -2.00. The number of hydrogen-bond donors (Lipinski definition) is 1. The molecule has 0 aliphatic heterocycles. The molecule has 0 aromatic carbocycles. The number of halogens is 2. The Morgan fingerprint density at radius 3 is 2.92 bits per heavy atom. The van der Waals surface area contributed by atoms with Crippen LogP contribution in [0.1, 0.15) is 0 Å². The second-order valence-corrected chi connectivity index (χ2v) is 3.69. The number of aromatic nitrogens is 2. The molecule has 12 heavy (non-hydrogen) atoms. The zero-order valence-corrected chi connectivity index (χ0v) is 8.33. The Morgan fingerprint density at radius 2 is 2.25 bits per heavy atom. The van der Waals surface area contributed by atoms with E-state index >= 15 is 0 Å². The summed E-state index contributed by atoms with van der Waals surface area (Å²) in [5.41, 5.74) is 0. The maximum Gasteiger partial charge on any atom is 0.223 e. The van der Waals surface area contributed by atoms with E-state index in [0.717, 1.165) is 0 Å². The lowest BCUT2D eigenvalue weighted by Crippen LogP contribution is -1.90. The van der Waals surface area contributed by atoms with Gasteiger partial charge in [-0.05, 0) is 11.6 Å². The van der Waals surface area contributed by atoms with Gasteiger partial charge in [0.1, 0.15) is 5.03 Å². The van der Waals surface area contributed by atoms with Gasteiger partial charge in [0.05, 0.1) is 17.8 Å². The Balaban J connectivity index is 2.75.